The summed E-state index contributed by atoms with van der Waals surface area (Å²) in [7, 11) is 0. The van der Waals surface area contributed by atoms with Gasteiger partial charge < -0.3 is 19.9 Å². The van der Waals surface area contributed by atoms with Crippen molar-refractivity contribution in [3.8, 4) is 5.75 Å². The molecule has 0 spiro atoms. The normalized spacial score (nSPS) is 13.6. The van der Waals surface area contributed by atoms with Gasteiger partial charge in [-0.3, -0.25) is 9.59 Å². The van der Waals surface area contributed by atoms with Crippen molar-refractivity contribution >= 4 is 23.2 Å². The number of ether oxygens (including phenoxy) is 1. The van der Waals surface area contributed by atoms with Gasteiger partial charge in [-0.1, -0.05) is 44.2 Å². The number of carbonyl (C=O) groups is 2. The van der Waals surface area contributed by atoms with Crippen molar-refractivity contribution in [3.05, 3.63) is 89.0 Å². The zero-order chi connectivity index (χ0) is 25.7. The van der Waals surface area contributed by atoms with E-state index in [-0.39, 0.29) is 18.4 Å². The summed E-state index contributed by atoms with van der Waals surface area (Å²) >= 11 is 0. The maximum atomic E-state index is 12.9. The van der Waals surface area contributed by atoms with Crippen molar-refractivity contribution in [2.45, 2.75) is 33.6 Å². The third kappa shape index (κ3) is 6.06. The number of anilines is 2. The van der Waals surface area contributed by atoms with Crippen LogP contribution in [-0.4, -0.2) is 49.5 Å². The van der Waals surface area contributed by atoms with E-state index in [0.29, 0.717) is 19.0 Å². The number of aryl methyl sites for hydroxylation is 2. The molecule has 6 nitrogen and oxygen atoms in total. The molecule has 1 saturated heterocycles. The number of carbonyl (C=O) groups excluding carboxylic acids is 2. The zero-order valence-electron chi connectivity index (χ0n) is 21.6. The molecule has 0 atom stereocenters. The van der Waals surface area contributed by atoms with Gasteiger partial charge in [0.15, 0.2) is 6.61 Å². The molecule has 1 heterocycles. The first-order valence-corrected chi connectivity index (χ1v) is 12.5. The fourth-order valence-electron chi connectivity index (χ4n) is 4.49. The summed E-state index contributed by atoms with van der Waals surface area (Å²) in [5, 5.41) is 2.92. The third-order valence-electron chi connectivity index (χ3n) is 6.61. The molecule has 0 aromatic heterocycles. The van der Waals surface area contributed by atoms with Gasteiger partial charge in [-0.05, 0) is 72.9 Å². The summed E-state index contributed by atoms with van der Waals surface area (Å²) in [5.41, 5.74) is 5.79. The monoisotopic (exact) mass is 485 g/mol. The van der Waals surface area contributed by atoms with Crippen LogP contribution in [0.5, 0.6) is 5.75 Å². The Bertz CT molecular complexity index is 1210. The standard InChI is InChI=1S/C30H35N3O3/c1-21(2)26-14-9-22(3)19-28(26)36-20-29(34)31-24-10-12-25(13-11-24)32-15-17-33(18-16-32)30(35)27-8-6-5-7-23(27)4/h5-14,19,21H,15-18,20H2,1-4H3,(H,31,34). The van der Waals surface area contributed by atoms with E-state index in [9.17, 15) is 9.59 Å². The Morgan fingerprint density at radius 1 is 0.917 bits per heavy atom. The molecule has 0 unspecified atom stereocenters. The molecule has 2 amide bonds. The lowest BCUT2D eigenvalue weighted by atomic mass is 10.0. The van der Waals surface area contributed by atoms with Crippen molar-refractivity contribution in [1.29, 1.82) is 0 Å². The average Bonchev–Trinajstić information content (AvgIpc) is 2.88. The molecular weight excluding hydrogens is 450 g/mol. The molecule has 1 aliphatic heterocycles. The minimum atomic E-state index is -0.192. The molecule has 0 saturated carbocycles. The lowest BCUT2D eigenvalue weighted by molar-refractivity contribution is -0.118. The van der Waals surface area contributed by atoms with Crippen LogP contribution in [0.3, 0.4) is 0 Å². The fraction of sp³-hybridized carbons (Fsp3) is 0.333. The van der Waals surface area contributed by atoms with Gasteiger partial charge in [0.25, 0.3) is 11.8 Å². The molecule has 188 valence electrons. The maximum Gasteiger partial charge on any atom is 0.262 e. The van der Waals surface area contributed by atoms with Crippen molar-refractivity contribution in [1.82, 2.24) is 4.90 Å². The lowest BCUT2D eigenvalue weighted by Crippen LogP contribution is -2.48. The summed E-state index contributed by atoms with van der Waals surface area (Å²) in [6.45, 7) is 11.1. The smallest absolute Gasteiger partial charge is 0.262 e. The molecule has 1 N–H and O–H groups in total. The lowest BCUT2D eigenvalue weighted by Gasteiger charge is -2.36. The van der Waals surface area contributed by atoms with Crippen LogP contribution >= 0.6 is 0 Å². The predicted molar refractivity (Wildman–Crippen MR) is 145 cm³/mol. The topological polar surface area (TPSA) is 61.9 Å². The number of piperazine rings is 1. The Morgan fingerprint density at radius 3 is 2.28 bits per heavy atom. The molecule has 1 aliphatic rings. The molecule has 4 rings (SSSR count). The Morgan fingerprint density at radius 2 is 1.61 bits per heavy atom. The van der Waals surface area contributed by atoms with Crippen LogP contribution in [0.25, 0.3) is 0 Å². The SMILES string of the molecule is Cc1ccc(C(C)C)c(OCC(=O)Nc2ccc(N3CCN(C(=O)c4ccccc4C)CC3)cc2)c1. The molecular formula is C30H35N3O3. The second kappa shape index (κ2) is 11.3. The highest BCUT2D eigenvalue weighted by Gasteiger charge is 2.23. The van der Waals surface area contributed by atoms with Crippen LogP contribution in [0.2, 0.25) is 0 Å². The van der Waals surface area contributed by atoms with Gasteiger partial charge in [-0.2, -0.15) is 0 Å². The molecule has 0 radical (unpaired) electrons. The number of rotatable bonds is 7. The molecule has 3 aromatic rings. The molecule has 6 heteroatoms. The van der Waals surface area contributed by atoms with Gasteiger partial charge in [0.05, 0.1) is 0 Å². The number of nitrogens with one attached hydrogen (secondary N) is 1. The third-order valence-corrected chi connectivity index (χ3v) is 6.61. The van der Waals surface area contributed by atoms with E-state index in [4.69, 9.17) is 4.74 Å². The molecule has 36 heavy (non-hydrogen) atoms. The summed E-state index contributed by atoms with van der Waals surface area (Å²) in [6, 6.07) is 21.7. The number of hydrogen-bond donors (Lipinski definition) is 1. The number of nitrogens with zero attached hydrogens (tertiary/aromatic N) is 2. The number of amides is 2. The Balaban J connectivity index is 1.28. The Hall–Kier alpha value is -3.80. The second-order valence-electron chi connectivity index (χ2n) is 9.67. The highest BCUT2D eigenvalue weighted by atomic mass is 16.5. The first kappa shape index (κ1) is 25.3. The summed E-state index contributed by atoms with van der Waals surface area (Å²) in [5.74, 6) is 0.982. The van der Waals surface area contributed by atoms with Crippen molar-refractivity contribution in [2.75, 3.05) is 43.0 Å². The van der Waals surface area contributed by atoms with Crippen LogP contribution < -0.4 is 15.0 Å². The van der Waals surface area contributed by atoms with E-state index in [1.165, 1.54) is 0 Å². The quantitative estimate of drug-likeness (QED) is 0.486. The predicted octanol–water partition coefficient (Wildman–Crippen LogP) is 5.41. The van der Waals surface area contributed by atoms with Crippen LogP contribution in [-0.2, 0) is 4.79 Å². The van der Waals surface area contributed by atoms with E-state index in [2.05, 4.69) is 36.2 Å². The number of hydrogen-bond acceptors (Lipinski definition) is 4. The first-order valence-electron chi connectivity index (χ1n) is 12.5. The Labute approximate surface area is 213 Å². The van der Waals surface area contributed by atoms with E-state index < -0.39 is 0 Å². The van der Waals surface area contributed by atoms with Crippen molar-refractivity contribution < 1.29 is 14.3 Å². The van der Waals surface area contributed by atoms with Gasteiger partial charge in [0.1, 0.15) is 5.75 Å². The maximum absolute atomic E-state index is 12.9. The van der Waals surface area contributed by atoms with Crippen LogP contribution in [0.4, 0.5) is 11.4 Å². The van der Waals surface area contributed by atoms with Crippen molar-refractivity contribution in [3.63, 3.8) is 0 Å². The summed E-state index contributed by atoms with van der Waals surface area (Å²) in [4.78, 5) is 29.6. The van der Waals surface area contributed by atoms with Crippen LogP contribution in [0.1, 0.15) is 46.8 Å². The van der Waals surface area contributed by atoms with E-state index in [0.717, 1.165) is 52.5 Å². The van der Waals surface area contributed by atoms with Gasteiger partial charge in [-0.25, -0.2) is 0 Å². The van der Waals surface area contributed by atoms with Gasteiger partial charge in [0, 0.05) is 43.1 Å². The van der Waals surface area contributed by atoms with Crippen LogP contribution in [0, 0.1) is 13.8 Å². The highest BCUT2D eigenvalue weighted by Crippen LogP contribution is 2.27. The molecule has 0 aliphatic carbocycles. The fourth-order valence-corrected chi connectivity index (χ4v) is 4.49. The first-order chi connectivity index (χ1) is 17.3. The highest BCUT2D eigenvalue weighted by molar-refractivity contribution is 5.95. The number of benzene rings is 3. The Kier molecular flexibility index (Phi) is 7.93. The zero-order valence-corrected chi connectivity index (χ0v) is 21.6. The van der Waals surface area contributed by atoms with E-state index in [1.54, 1.807) is 0 Å². The van der Waals surface area contributed by atoms with Crippen LogP contribution in [0.15, 0.2) is 66.7 Å². The minimum absolute atomic E-state index is 0.0399. The average molecular weight is 486 g/mol. The van der Waals surface area contributed by atoms with Gasteiger partial charge in [0.2, 0.25) is 0 Å². The van der Waals surface area contributed by atoms with E-state index in [1.807, 2.05) is 73.3 Å². The van der Waals surface area contributed by atoms with Gasteiger partial charge in [-0.15, -0.1) is 0 Å². The minimum Gasteiger partial charge on any atom is -0.483 e. The molecule has 1 fully saturated rings. The summed E-state index contributed by atoms with van der Waals surface area (Å²) in [6.07, 6.45) is 0. The van der Waals surface area contributed by atoms with Gasteiger partial charge >= 0.3 is 0 Å². The van der Waals surface area contributed by atoms with Crippen molar-refractivity contribution in [2.24, 2.45) is 0 Å². The molecule has 3 aromatic carbocycles. The molecule has 0 bridgehead atoms. The van der Waals surface area contributed by atoms with E-state index >= 15 is 0 Å². The summed E-state index contributed by atoms with van der Waals surface area (Å²) < 4.78 is 5.85. The largest absolute Gasteiger partial charge is 0.483 e. The second-order valence-corrected chi connectivity index (χ2v) is 9.67.